The molecule has 1 aliphatic rings. The highest BCUT2D eigenvalue weighted by Crippen LogP contribution is 2.13. The lowest BCUT2D eigenvalue weighted by Crippen LogP contribution is -3.14. The van der Waals surface area contributed by atoms with Crippen molar-refractivity contribution >= 4 is 29.1 Å². The third kappa shape index (κ3) is 4.44. The Kier molecular flexibility index (Phi) is 5.59. The first kappa shape index (κ1) is 15.8. The second-order valence-corrected chi connectivity index (χ2v) is 5.71. The molecule has 1 aromatic carbocycles. The van der Waals surface area contributed by atoms with Gasteiger partial charge in [0.25, 0.3) is 0 Å². The number of likely N-dealkylation sites (tertiary alicyclic amines) is 1. The molecule has 1 heterocycles. The molecule has 6 heteroatoms. The number of hydrogen-bond donors (Lipinski definition) is 3. The molecule has 5 nitrogen and oxygen atoms in total. The van der Waals surface area contributed by atoms with Crippen LogP contribution in [0.3, 0.4) is 0 Å². The highest BCUT2D eigenvalue weighted by atomic mass is 35.5. The average Bonchev–Trinajstić information content (AvgIpc) is 2.94. The fraction of sp³-hybridized carbons (Fsp3) is 0.467. The molecular formula is C15H21ClN3O2+. The van der Waals surface area contributed by atoms with E-state index in [0.717, 1.165) is 19.5 Å². The molecule has 2 rings (SSSR count). The lowest BCUT2D eigenvalue weighted by atomic mass is 10.2. The molecule has 2 amide bonds. The van der Waals surface area contributed by atoms with Crippen molar-refractivity contribution in [1.82, 2.24) is 5.32 Å². The maximum absolute atomic E-state index is 11.8. The molecule has 0 radical (unpaired) electrons. The van der Waals surface area contributed by atoms with E-state index in [1.165, 1.54) is 11.3 Å². The van der Waals surface area contributed by atoms with Gasteiger partial charge >= 0.3 is 11.8 Å². The van der Waals surface area contributed by atoms with Gasteiger partial charge in [0.2, 0.25) is 0 Å². The minimum absolute atomic E-state index is 0.419. The molecule has 0 aromatic heterocycles. The zero-order valence-electron chi connectivity index (χ0n) is 12.1. The summed E-state index contributed by atoms with van der Waals surface area (Å²) >= 11 is 5.77. The van der Waals surface area contributed by atoms with Crippen molar-refractivity contribution in [3.05, 3.63) is 29.3 Å². The number of amides is 2. The largest absolute Gasteiger partial charge is 0.342 e. The number of benzene rings is 1. The van der Waals surface area contributed by atoms with Gasteiger partial charge in [0.15, 0.2) is 0 Å². The third-order valence-corrected chi connectivity index (χ3v) is 4.15. The Balaban J connectivity index is 1.80. The van der Waals surface area contributed by atoms with Crippen molar-refractivity contribution in [2.75, 3.05) is 25.0 Å². The van der Waals surface area contributed by atoms with Crippen molar-refractivity contribution in [1.29, 1.82) is 0 Å². The van der Waals surface area contributed by atoms with E-state index in [4.69, 9.17) is 11.6 Å². The Morgan fingerprint density at radius 1 is 1.29 bits per heavy atom. The summed E-state index contributed by atoms with van der Waals surface area (Å²) in [6.45, 7) is 4.89. The van der Waals surface area contributed by atoms with Gasteiger partial charge in [0, 0.05) is 23.6 Å². The van der Waals surface area contributed by atoms with Gasteiger partial charge in [-0.2, -0.15) is 0 Å². The van der Waals surface area contributed by atoms with Crippen molar-refractivity contribution in [2.24, 2.45) is 0 Å². The molecule has 2 atom stereocenters. The van der Waals surface area contributed by atoms with E-state index < -0.39 is 11.8 Å². The molecular weight excluding hydrogens is 290 g/mol. The van der Waals surface area contributed by atoms with Gasteiger partial charge in [0.1, 0.15) is 6.04 Å². The zero-order chi connectivity index (χ0) is 15.2. The van der Waals surface area contributed by atoms with Gasteiger partial charge in [-0.3, -0.25) is 9.59 Å². The Morgan fingerprint density at radius 3 is 2.67 bits per heavy atom. The van der Waals surface area contributed by atoms with Crippen LogP contribution in [0.15, 0.2) is 24.3 Å². The standard InChI is InChI=1S/C15H20ClN3O2/c1-2-19-9-3-4-13(19)10-17-14(20)15(21)18-12-7-5-11(16)6-8-12/h5-8,13H,2-4,9-10H2,1H3,(H,17,20)(H,18,21)/p+1/t13-/m1/s1. The van der Waals surface area contributed by atoms with Crippen LogP contribution in [0, 0.1) is 0 Å². The number of likely N-dealkylation sites (N-methyl/N-ethyl adjacent to an activating group) is 1. The van der Waals surface area contributed by atoms with Gasteiger partial charge in [0.05, 0.1) is 19.6 Å². The molecule has 1 aliphatic heterocycles. The summed E-state index contributed by atoms with van der Waals surface area (Å²) in [5.74, 6) is -1.24. The summed E-state index contributed by atoms with van der Waals surface area (Å²) in [7, 11) is 0. The van der Waals surface area contributed by atoms with Crippen LogP contribution < -0.4 is 15.5 Å². The van der Waals surface area contributed by atoms with Gasteiger partial charge in [-0.15, -0.1) is 0 Å². The first-order chi connectivity index (χ1) is 10.1. The Labute approximate surface area is 129 Å². The van der Waals surface area contributed by atoms with E-state index in [-0.39, 0.29) is 0 Å². The van der Waals surface area contributed by atoms with Crippen LogP contribution in [0.2, 0.25) is 5.02 Å². The Morgan fingerprint density at radius 2 is 2.00 bits per heavy atom. The maximum atomic E-state index is 11.8. The summed E-state index contributed by atoms with van der Waals surface area (Å²) in [6.07, 6.45) is 2.28. The molecule has 3 N–H and O–H groups in total. The summed E-state index contributed by atoms with van der Waals surface area (Å²) in [5.41, 5.74) is 0.557. The van der Waals surface area contributed by atoms with E-state index in [9.17, 15) is 9.59 Å². The van der Waals surface area contributed by atoms with E-state index in [0.29, 0.717) is 23.3 Å². The lowest BCUT2D eigenvalue weighted by molar-refractivity contribution is -0.909. The van der Waals surface area contributed by atoms with Crippen LogP contribution in [0.1, 0.15) is 19.8 Å². The predicted molar refractivity (Wildman–Crippen MR) is 82.5 cm³/mol. The Bertz CT molecular complexity index is 504. The van der Waals surface area contributed by atoms with Crippen LogP contribution in [0.4, 0.5) is 5.69 Å². The van der Waals surface area contributed by atoms with Gasteiger partial charge in [-0.1, -0.05) is 11.6 Å². The zero-order valence-corrected chi connectivity index (χ0v) is 12.9. The number of rotatable bonds is 4. The minimum atomic E-state index is -0.645. The van der Waals surface area contributed by atoms with Crippen molar-refractivity contribution in [2.45, 2.75) is 25.8 Å². The number of nitrogens with one attached hydrogen (secondary N) is 3. The molecule has 1 fully saturated rings. The maximum Gasteiger partial charge on any atom is 0.313 e. The van der Waals surface area contributed by atoms with Crippen LogP contribution in [-0.2, 0) is 9.59 Å². The number of hydrogen-bond acceptors (Lipinski definition) is 2. The molecule has 114 valence electrons. The van der Waals surface area contributed by atoms with E-state index >= 15 is 0 Å². The van der Waals surface area contributed by atoms with Gasteiger partial charge in [-0.05, 0) is 31.2 Å². The first-order valence-corrected chi connectivity index (χ1v) is 7.67. The molecule has 0 spiro atoms. The highest BCUT2D eigenvalue weighted by Gasteiger charge is 2.27. The number of carbonyl (C=O) groups excluding carboxylic acids is 2. The smallest absolute Gasteiger partial charge is 0.313 e. The van der Waals surface area contributed by atoms with Crippen LogP contribution in [-0.4, -0.2) is 37.5 Å². The normalized spacial score (nSPS) is 21.0. The summed E-state index contributed by atoms with van der Waals surface area (Å²) in [4.78, 5) is 25.1. The van der Waals surface area contributed by atoms with E-state index in [1.807, 2.05) is 0 Å². The van der Waals surface area contributed by atoms with E-state index in [1.54, 1.807) is 24.3 Å². The molecule has 21 heavy (non-hydrogen) atoms. The number of carbonyl (C=O) groups is 2. The van der Waals surface area contributed by atoms with E-state index in [2.05, 4.69) is 17.6 Å². The average molecular weight is 311 g/mol. The molecule has 1 aromatic rings. The fourth-order valence-corrected chi connectivity index (χ4v) is 2.84. The van der Waals surface area contributed by atoms with Crippen molar-refractivity contribution in [3.63, 3.8) is 0 Å². The van der Waals surface area contributed by atoms with Gasteiger partial charge in [-0.25, -0.2) is 0 Å². The third-order valence-electron chi connectivity index (χ3n) is 3.90. The monoisotopic (exact) mass is 310 g/mol. The molecule has 0 saturated carbocycles. The second kappa shape index (κ2) is 7.43. The van der Waals surface area contributed by atoms with Crippen molar-refractivity contribution < 1.29 is 14.5 Å². The molecule has 0 aliphatic carbocycles. The lowest BCUT2D eigenvalue weighted by Gasteiger charge is -2.19. The number of halogens is 1. The van der Waals surface area contributed by atoms with Crippen molar-refractivity contribution in [3.8, 4) is 0 Å². The van der Waals surface area contributed by atoms with Crippen LogP contribution >= 0.6 is 11.6 Å². The Hall–Kier alpha value is -1.59. The molecule has 1 unspecified atom stereocenters. The molecule has 0 bridgehead atoms. The van der Waals surface area contributed by atoms with Crippen LogP contribution in [0.5, 0.6) is 0 Å². The minimum Gasteiger partial charge on any atom is -0.342 e. The summed E-state index contributed by atoms with van der Waals surface area (Å²) in [5, 5.41) is 5.86. The summed E-state index contributed by atoms with van der Waals surface area (Å²) < 4.78 is 0. The second-order valence-electron chi connectivity index (χ2n) is 5.27. The first-order valence-electron chi connectivity index (χ1n) is 7.29. The predicted octanol–water partition coefficient (Wildman–Crippen LogP) is 0.462. The SMILES string of the molecule is CC[NH+]1CCC[C@@H]1CNC(=O)C(=O)Nc1ccc(Cl)cc1. The number of anilines is 1. The fourth-order valence-electron chi connectivity index (χ4n) is 2.71. The van der Waals surface area contributed by atoms with Crippen LogP contribution in [0.25, 0.3) is 0 Å². The topological polar surface area (TPSA) is 62.6 Å². The summed E-state index contributed by atoms with van der Waals surface area (Å²) in [6, 6.07) is 7.06. The number of quaternary nitrogens is 1. The quantitative estimate of drug-likeness (QED) is 0.708. The highest BCUT2D eigenvalue weighted by molar-refractivity contribution is 6.39. The molecule has 1 saturated heterocycles. The van der Waals surface area contributed by atoms with Gasteiger partial charge < -0.3 is 15.5 Å².